The van der Waals surface area contributed by atoms with Crippen LogP contribution in [0.25, 0.3) is 0 Å². The number of hydrogen-bond acceptors (Lipinski definition) is 2. The van der Waals surface area contributed by atoms with E-state index in [9.17, 15) is 0 Å². The second kappa shape index (κ2) is 6.12. The molecule has 0 spiro atoms. The van der Waals surface area contributed by atoms with Gasteiger partial charge in [-0.2, -0.15) is 0 Å². The molecule has 0 amide bonds. The fourth-order valence-electron chi connectivity index (χ4n) is 1.96. The number of halogens is 1. The van der Waals surface area contributed by atoms with Crippen LogP contribution in [-0.4, -0.2) is 4.98 Å². The summed E-state index contributed by atoms with van der Waals surface area (Å²) in [5, 5.41) is 3.56. The highest BCUT2D eigenvalue weighted by Gasteiger charge is 2.11. The summed E-state index contributed by atoms with van der Waals surface area (Å²) in [6.07, 6.45) is 1.83. The van der Waals surface area contributed by atoms with Crippen molar-refractivity contribution >= 4 is 15.9 Å². The summed E-state index contributed by atoms with van der Waals surface area (Å²) in [6.45, 7) is 4.30. The van der Waals surface area contributed by atoms with Crippen LogP contribution in [0.3, 0.4) is 0 Å². The summed E-state index contributed by atoms with van der Waals surface area (Å²) in [4.78, 5) is 4.37. The Kier molecular flexibility index (Phi) is 4.50. The van der Waals surface area contributed by atoms with E-state index in [-0.39, 0.29) is 6.04 Å². The van der Waals surface area contributed by atoms with Crippen molar-refractivity contribution in [2.24, 2.45) is 0 Å². The molecule has 0 aliphatic rings. The van der Waals surface area contributed by atoms with E-state index < -0.39 is 0 Å². The lowest BCUT2D eigenvalue weighted by Crippen LogP contribution is -2.23. The second-order valence-corrected chi connectivity index (χ2v) is 5.34. The molecule has 0 fully saturated rings. The molecular weight excluding hydrogens is 288 g/mol. The van der Waals surface area contributed by atoms with Crippen LogP contribution in [-0.2, 0) is 0 Å². The van der Waals surface area contributed by atoms with Gasteiger partial charge in [0.15, 0.2) is 0 Å². The van der Waals surface area contributed by atoms with Crippen LogP contribution in [0.4, 0.5) is 0 Å². The molecule has 1 N–H and O–H groups in total. The lowest BCUT2D eigenvalue weighted by molar-refractivity contribution is 0.486. The molecule has 0 saturated heterocycles. The third-order valence-corrected chi connectivity index (χ3v) is 3.47. The molecule has 94 valence electrons. The Labute approximate surface area is 117 Å². The van der Waals surface area contributed by atoms with E-state index in [2.05, 4.69) is 58.3 Å². The number of benzene rings is 1. The molecule has 0 saturated carbocycles. The first-order valence-electron chi connectivity index (χ1n) is 6.09. The van der Waals surface area contributed by atoms with Gasteiger partial charge in [0.2, 0.25) is 0 Å². The Hall–Kier alpha value is -1.19. The molecular formula is C15H17BrN2. The third kappa shape index (κ3) is 3.40. The largest absolute Gasteiger partial charge is 0.302 e. The molecule has 1 aromatic heterocycles. The van der Waals surface area contributed by atoms with E-state index >= 15 is 0 Å². The monoisotopic (exact) mass is 304 g/mol. The van der Waals surface area contributed by atoms with Gasteiger partial charge in [0.1, 0.15) is 0 Å². The van der Waals surface area contributed by atoms with E-state index in [1.165, 1.54) is 5.56 Å². The van der Waals surface area contributed by atoms with Crippen LogP contribution in [0.1, 0.15) is 37.2 Å². The summed E-state index contributed by atoms with van der Waals surface area (Å²) in [6, 6.07) is 14.9. The van der Waals surface area contributed by atoms with Crippen LogP contribution in [0, 0.1) is 0 Å². The first-order valence-corrected chi connectivity index (χ1v) is 6.88. The maximum Gasteiger partial charge on any atom is 0.0570 e. The van der Waals surface area contributed by atoms with Crippen LogP contribution in [0.2, 0.25) is 0 Å². The van der Waals surface area contributed by atoms with Crippen LogP contribution in [0.15, 0.2) is 53.1 Å². The van der Waals surface area contributed by atoms with Crippen LogP contribution in [0.5, 0.6) is 0 Å². The van der Waals surface area contributed by atoms with Gasteiger partial charge < -0.3 is 5.32 Å². The fraction of sp³-hybridized carbons (Fsp3) is 0.267. The zero-order valence-electron chi connectivity index (χ0n) is 10.6. The Balaban J connectivity index is 2.05. The van der Waals surface area contributed by atoms with Crippen molar-refractivity contribution in [3.8, 4) is 0 Å². The number of nitrogens with zero attached hydrogens (tertiary/aromatic N) is 1. The number of nitrogens with one attached hydrogen (secondary N) is 1. The number of pyridine rings is 1. The van der Waals surface area contributed by atoms with Gasteiger partial charge in [0, 0.05) is 22.8 Å². The Morgan fingerprint density at radius 2 is 1.89 bits per heavy atom. The Morgan fingerprint density at radius 3 is 2.56 bits per heavy atom. The van der Waals surface area contributed by atoms with Gasteiger partial charge in [-0.1, -0.05) is 34.1 Å². The quantitative estimate of drug-likeness (QED) is 0.913. The van der Waals surface area contributed by atoms with Crippen molar-refractivity contribution in [1.29, 1.82) is 0 Å². The van der Waals surface area contributed by atoms with Gasteiger partial charge in [0.25, 0.3) is 0 Å². The Bertz CT molecular complexity index is 499. The van der Waals surface area contributed by atoms with E-state index in [0.717, 1.165) is 10.2 Å². The minimum absolute atomic E-state index is 0.236. The summed E-state index contributed by atoms with van der Waals surface area (Å²) in [5.74, 6) is 0. The smallest absolute Gasteiger partial charge is 0.0570 e. The summed E-state index contributed by atoms with van der Waals surface area (Å²) in [7, 11) is 0. The molecule has 1 unspecified atom stereocenters. The van der Waals surface area contributed by atoms with Crippen molar-refractivity contribution in [2.45, 2.75) is 25.9 Å². The van der Waals surface area contributed by atoms with Crippen molar-refractivity contribution in [2.75, 3.05) is 0 Å². The predicted molar refractivity (Wildman–Crippen MR) is 78.3 cm³/mol. The average Bonchev–Trinajstić information content (AvgIpc) is 2.39. The molecule has 0 aliphatic carbocycles. The molecule has 2 aromatic rings. The van der Waals surface area contributed by atoms with Crippen molar-refractivity contribution in [3.63, 3.8) is 0 Å². The predicted octanol–water partition coefficient (Wildman–Crippen LogP) is 4.26. The van der Waals surface area contributed by atoms with E-state index in [1.54, 1.807) is 0 Å². The normalized spacial score (nSPS) is 14.2. The van der Waals surface area contributed by atoms with Crippen molar-refractivity contribution in [3.05, 3.63) is 64.4 Å². The van der Waals surface area contributed by atoms with Gasteiger partial charge in [0.05, 0.1) is 5.69 Å². The van der Waals surface area contributed by atoms with Crippen molar-refractivity contribution < 1.29 is 0 Å². The highest BCUT2D eigenvalue weighted by atomic mass is 79.9. The molecule has 3 heteroatoms. The summed E-state index contributed by atoms with van der Waals surface area (Å²) in [5.41, 5.74) is 2.34. The molecule has 2 nitrogen and oxygen atoms in total. The molecule has 1 aromatic carbocycles. The highest BCUT2D eigenvalue weighted by molar-refractivity contribution is 9.10. The van der Waals surface area contributed by atoms with E-state index in [1.807, 2.05) is 30.5 Å². The summed E-state index contributed by atoms with van der Waals surface area (Å²) >= 11 is 3.50. The molecule has 1 heterocycles. The van der Waals surface area contributed by atoms with Gasteiger partial charge in [-0.25, -0.2) is 0 Å². The first-order chi connectivity index (χ1) is 8.66. The molecule has 18 heavy (non-hydrogen) atoms. The molecule has 0 aliphatic heterocycles. The minimum atomic E-state index is 0.236. The molecule has 0 radical (unpaired) electrons. The van der Waals surface area contributed by atoms with Gasteiger partial charge in [-0.15, -0.1) is 0 Å². The van der Waals surface area contributed by atoms with E-state index in [4.69, 9.17) is 0 Å². The average molecular weight is 305 g/mol. The topological polar surface area (TPSA) is 24.9 Å². The maximum absolute atomic E-state index is 4.37. The number of hydrogen-bond donors (Lipinski definition) is 1. The van der Waals surface area contributed by atoms with Crippen LogP contribution >= 0.6 is 15.9 Å². The van der Waals surface area contributed by atoms with Gasteiger partial charge >= 0.3 is 0 Å². The highest BCUT2D eigenvalue weighted by Crippen LogP contribution is 2.20. The number of aromatic nitrogens is 1. The summed E-state index contributed by atoms with van der Waals surface area (Å²) < 4.78 is 1.11. The van der Waals surface area contributed by atoms with Gasteiger partial charge in [-0.05, 0) is 43.7 Å². The SMILES string of the molecule is CC(N[C@@H](C)c1cccc(Br)c1)c1ccccn1. The zero-order valence-corrected chi connectivity index (χ0v) is 12.2. The molecule has 2 rings (SSSR count). The lowest BCUT2D eigenvalue weighted by Gasteiger charge is -2.20. The standard InChI is InChI=1S/C15H17BrN2/c1-11(13-6-5-7-14(16)10-13)18-12(2)15-8-3-4-9-17-15/h3-12,18H,1-2H3/t11-,12?/m0/s1. The maximum atomic E-state index is 4.37. The lowest BCUT2D eigenvalue weighted by atomic mass is 10.1. The van der Waals surface area contributed by atoms with Crippen LogP contribution < -0.4 is 5.32 Å². The molecule has 0 bridgehead atoms. The third-order valence-electron chi connectivity index (χ3n) is 2.98. The Morgan fingerprint density at radius 1 is 1.06 bits per heavy atom. The fourth-order valence-corrected chi connectivity index (χ4v) is 2.38. The zero-order chi connectivity index (χ0) is 13.0. The number of rotatable bonds is 4. The first kappa shape index (κ1) is 13.2. The van der Waals surface area contributed by atoms with Gasteiger partial charge in [-0.3, -0.25) is 4.98 Å². The second-order valence-electron chi connectivity index (χ2n) is 4.42. The van der Waals surface area contributed by atoms with E-state index in [0.29, 0.717) is 6.04 Å². The minimum Gasteiger partial charge on any atom is -0.302 e. The molecule has 2 atom stereocenters. The van der Waals surface area contributed by atoms with Crippen molar-refractivity contribution in [1.82, 2.24) is 10.3 Å².